The molecule has 2 heterocycles. The van der Waals surface area contributed by atoms with E-state index in [1.165, 1.54) is 0 Å². The molecule has 6 heteroatoms. The second-order valence-corrected chi connectivity index (χ2v) is 6.16. The van der Waals surface area contributed by atoms with Crippen LogP contribution in [0.15, 0.2) is 54.9 Å². The number of nitrogens with one attached hydrogen (secondary N) is 1. The molecule has 0 bridgehead atoms. The van der Waals surface area contributed by atoms with Crippen LogP contribution < -0.4 is 10.1 Å². The van der Waals surface area contributed by atoms with E-state index < -0.39 is 0 Å². The molecule has 1 amide bonds. The molecule has 0 aliphatic heterocycles. The summed E-state index contributed by atoms with van der Waals surface area (Å²) in [6.07, 6.45) is 4.87. The highest BCUT2D eigenvalue weighted by Crippen LogP contribution is 2.19. The third kappa shape index (κ3) is 4.94. The van der Waals surface area contributed by atoms with Gasteiger partial charge < -0.3 is 14.5 Å². The fourth-order valence-corrected chi connectivity index (χ4v) is 2.84. The Kier molecular flexibility index (Phi) is 6.20. The standard InChI is InChI=1S/C21H23N3O3/c1-2-27-19-9-6-14-24-15-17(23-21(19)24)12-13-22-20(26)11-10-18(25)16-7-4-3-5-8-16/h3-9,14-15H,2,10-13H2,1H3,(H,22,26). The Bertz CT molecular complexity index is 919. The summed E-state index contributed by atoms with van der Waals surface area (Å²) in [5, 5.41) is 2.85. The van der Waals surface area contributed by atoms with Gasteiger partial charge in [0.15, 0.2) is 17.2 Å². The summed E-state index contributed by atoms with van der Waals surface area (Å²) in [7, 11) is 0. The highest BCUT2D eigenvalue weighted by atomic mass is 16.5. The van der Waals surface area contributed by atoms with Crippen molar-refractivity contribution >= 4 is 17.3 Å². The number of benzene rings is 1. The zero-order chi connectivity index (χ0) is 19.1. The first kappa shape index (κ1) is 18.6. The fourth-order valence-electron chi connectivity index (χ4n) is 2.84. The average molecular weight is 365 g/mol. The van der Waals surface area contributed by atoms with E-state index in [2.05, 4.69) is 10.3 Å². The normalized spacial score (nSPS) is 10.7. The minimum absolute atomic E-state index is 0.0189. The zero-order valence-corrected chi connectivity index (χ0v) is 15.4. The summed E-state index contributed by atoms with van der Waals surface area (Å²) in [5.74, 6) is 0.599. The van der Waals surface area contributed by atoms with E-state index >= 15 is 0 Å². The van der Waals surface area contributed by atoms with Crippen molar-refractivity contribution in [2.45, 2.75) is 26.2 Å². The Morgan fingerprint density at radius 2 is 1.93 bits per heavy atom. The van der Waals surface area contributed by atoms with Gasteiger partial charge in [-0.3, -0.25) is 9.59 Å². The Labute approximate surface area is 158 Å². The number of ether oxygens (including phenoxy) is 1. The molecule has 3 rings (SSSR count). The molecule has 1 aromatic carbocycles. The van der Waals surface area contributed by atoms with E-state index in [0.717, 1.165) is 17.1 Å². The van der Waals surface area contributed by atoms with Gasteiger partial charge in [0.25, 0.3) is 0 Å². The van der Waals surface area contributed by atoms with Crippen LogP contribution in [0.5, 0.6) is 5.75 Å². The van der Waals surface area contributed by atoms with Crippen LogP contribution in [0.2, 0.25) is 0 Å². The summed E-state index contributed by atoms with van der Waals surface area (Å²) in [6.45, 7) is 3.00. The van der Waals surface area contributed by atoms with Crippen molar-refractivity contribution in [3.05, 3.63) is 66.1 Å². The zero-order valence-electron chi connectivity index (χ0n) is 15.4. The predicted molar refractivity (Wildman–Crippen MR) is 103 cm³/mol. The van der Waals surface area contributed by atoms with Gasteiger partial charge in [-0.05, 0) is 19.1 Å². The molecule has 0 aliphatic carbocycles. The lowest BCUT2D eigenvalue weighted by Crippen LogP contribution is -2.26. The summed E-state index contributed by atoms with van der Waals surface area (Å²) in [6, 6.07) is 12.8. The lowest BCUT2D eigenvalue weighted by molar-refractivity contribution is -0.121. The minimum atomic E-state index is -0.127. The van der Waals surface area contributed by atoms with E-state index in [9.17, 15) is 9.59 Å². The fraction of sp³-hybridized carbons (Fsp3) is 0.286. The third-order valence-electron chi connectivity index (χ3n) is 4.17. The smallest absolute Gasteiger partial charge is 0.220 e. The van der Waals surface area contributed by atoms with Gasteiger partial charge in [-0.15, -0.1) is 0 Å². The topological polar surface area (TPSA) is 72.7 Å². The second kappa shape index (κ2) is 8.98. The molecule has 3 aromatic rings. The Morgan fingerprint density at radius 3 is 2.70 bits per heavy atom. The highest BCUT2D eigenvalue weighted by molar-refractivity contribution is 5.97. The number of fused-ring (bicyclic) bond motifs is 1. The Morgan fingerprint density at radius 1 is 1.11 bits per heavy atom. The molecular weight excluding hydrogens is 342 g/mol. The van der Waals surface area contributed by atoms with E-state index in [4.69, 9.17) is 4.74 Å². The van der Waals surface area contributed by atoms with Crippen molar-refractivity contribution in [3.8, 4) is 5.75 Å². The van der Waals surface area contributed by atoms with Crippen molar-refractivity contribution in [2.24, 2.45) is 0 Å². The molecule has 0 unspecified atom stereocenters. The van der Waals surface area contributed by atoms with Gasteiger partial charge in [0.1, 0.15) is 0 Å². The summed E-state index contributed by atoms with van der Waals surface area (Å²) >= 11 is 0. The molecule has 0 spiro atoms. The first-order chi connectivity index (χ1) is 13.2. The van der Waals surface area contributed by atoms with Gasteiger partial charge in [-0.2, -0.15) is 0 Å². The average Bonchev–Trinajstić information content (AvgIpc) is 3.11. The molecule has 2 aromatic heterocycles. The van der Waals surface area contributed by atoms with E-state index in [0.29, 0.717) is 25.1 Å². The van der Waals surface area contributed by atoms with Crippen LogP contribution >= 0.6 is 0 Å². The van der Waals surface area contributed by atoms with Crippen LogP contribution in [0.1, 0.15) is 35.8 Å². The number of carbonyl (C=O) groups is 2. The SMILES string of the molecule is CCOc1cccn2cc(CCNC(=O)CCC(=O)c3ccccc3)nc12. The van der Waals surface area contributed by atoms with E-state index in [1.807, 2.05) is 54.0 Å². The molecule has 0 saturated heterocycles. The largest absolute Gasteiger partial charge is 0.490 e. The Hall–Kier alpha value is -3.15. The van der Waals surface area contributed by atoms with Gasteiger partial charge >= 0.3 is 0 Å². The number of imidazole rings is 1. The van der Waals surface area contributed by atoms with E-state index in [-0.39, 0.29) is 24.5 Å². The molecule has 27 heavy (non-hydrogen) atoms. The molecule has 0 radical (unpaired) electrons. The number of amides is 1. The first-order valence-corrected chi connectivity index (χ1v) is 9.11. The van der Waals surface area contributed by atoms with Crippen LogP contribution in [-0.4, -0.2) is 34.2 Å². The van der Waals surface area contributed by atoms with Crippen LogP contribution in [-0.2, 0) is 11.2 Å². The molecule has 140 valence electrons. The van der Waals surface area contributed by atoms with Crippen LogP contribution in [0, 0.1) is 0 Å². The van der Waals surface area contributed by atoms with Crippen molar-refractivity contribution in [1.29, 1.82) is 0 Å². The Balaban J connectivity index is 1.47. The molecular formula is C21H23N3O3. The number of ketones is 1. The number of Topliss-reactive ketones (excluding diaryl/α,β-unsaturated/α-hetero) is 1. The van der Waals surface area contributed by atoms with Crippen molar-refractivity contribution in [3.63, 3.8) is 0 Å². The molecule has 0 aliphatic rings. The minimum Gasteiger partial charge on any atom is -0.490 e. The second-order valence-electron chi connectivity index (χ2n) is 6.16. The third-order valence-corrected chi connectivity index (χ3v) is 4.17. The summed E-state index contributed by atoms with van der Waals surface area (Å²) in [4.78, 5) is 28.6. The number of aromatic nitrogens is 2. The monoisotopic (exact) mass is 365 g/mol. The summed E-state index contributed by atoms with van der Waals surface area (Å²) < 4.78 is 7.50. The maximum atomic E-state index is 12.0. The lowest BCUT2D eigenvalue weighted by Gasteiger charge is -2.04. The number of pyridine rings is 1. The number of nitrogens with zero attached hydrogens (tertiary/aromatic N) is 2. The van der Waals surface area contributed by atoms with Crippen LogP contribution in [0.4, 0.5) is 0 Å². The number of hydrogen-bond donors (Lipinski definition) is 1. The lowest BCUT2D eigenvalue weighted by atomic mass is 10.1. The maximum absolute atomic E-state index is 12.0. The summed E-state index contributed by atoms with van der Waals surface area (Å²) in [5.41, 5.74) is 2.29. The van der Waals surface area contributed by atoms with Gasteiger partial charge in [-0.25, -0.2) is 4.98 Å². The molecule has 1 N–H and O–H groups in total. The molecule has 0 atom stereocenters. The van der Waals surface area contributed by atoms with Gasteiger partial charge in [0.2, 0.25) is 5.91 Å². The quantitative estimate of drug-likeness (QED) is 0.592. The number of hydrogen-bond acceptors (Lipinski definition) is 4. The number of rotatable bonds is 9. The predicted octanol–water partition coefficient (Wildman–Crippen LogP) is 3.05. The van der Waals surface area contributed by atoms with Gasteiger partial charge in [-0.1, -0.05) is 30.3 Å². The molecule has 0 saturated carbocycles. The van der Waals surface area contributed by atoms with Crippen molar-refractivity contribution in [1.82, 2.24) is 14.7 Å². The molecule has 0 fully saturated rings. The van der Waals surface area contributed by atoms with Gasteiger partial charge in [0.05, 0.1) is 12.3 Å². The van der Waals surface area contributed by atoms with Crippen molar-refractivity contribution in [2.75, 3.05) is 13.2 Å². The van der Waals surface area contributed by atoms with E-state index in [1.54, 1.807) is 12.1 Å². The van der Waals surface area contributed by atoms with Crippen LogP contribution in [0.25, 0.3) is 5.65 Å². The maximum Gasteiger partial charge on any atom is 0.220 e. The molecule has 6 nitrogen and oxygen atoms in total. The van der Waals surface area contributed by atoms with Gasteiger partial charge in [0, 0.05) is 43.8 Å². The highest BCUT2D eigenvalue weighted by Gasteiger charge is 2.10. The van der Waals surface area contributed by atoms with Crippen molar-refractivity contribution < 1.29 is 14.3 Å². The first-order valence-electron chi connectivity index (χ1n) is 9.11. The van der Waals surface area contributed by atoms with Crippen LogP contribution in [0.3, 0.4) is 0 Å². The number of carbonyl (C=O) groups excluding carboxylic acids is 2.